The Morgan fingerprint density at radius 3 is 1.44 bits per heavy atom. The van der Waals surface area contributed by atoms with E-state index in [0.717, 1.165) is 83.1 Å². The van der Waals surface area contributed by atoms with Crippen molar-refractivity contribution in [3.63, 3.8) is 0 Å². The lowest BCUT2D eigenvalue weighted by Gasteiger charge is -2.40. The first-order valence-corrected chi connectivity index (χ1v) is 21.3. The number of fused-ring (bicyclic) bond motifs is 12. The molecule has 0 N–H and O–H groups in total. The van der Waals surface area contributed by atoms with Crippen molar-refractivity contribution >= 4 is 117 Å². The maximum absolute atomic E-state index is 13.5. The van der Waals surface area contributed by atoms with Crippen LogP contribution in [0.4, 0.5) is 10.0 Å². The summed E-state index contributed by atoms with van der Waals surface area (Å²) in [7, 11) is 0. The molecule has 0 saturated heterocycles. The van der Waals surface area contributed by atoms with Crippen molar-refractivity contribution in [1.29, 1.82) is 0 Å². The molecule has 0 atom stereocenters. The highest BCUT2D eigenvalue weighted by Crippen LogP contribution is 2.63. The Hall–Kier alpha value is -5.46. The van der Waals surface area contributed by atoms with Gasteiger partial charge in [-0.15, -0.1) is 45.3 Å². The van der Waals surface area contributed by atoms with Gasteiger partial charge in [0.15, 0.2) is 16.5 Å². The van der Waals surface area contributed by atoms with Crippen LogP contribution < -0.4 is 37.2 Å². The standard InChI is InChI=1S/C44H24N2O5S4/c47-35-24-14-20-8-2-3-9-21(20)15-25(24)36(48)33(35)45-30-18-28-40(54-30)32-42(52-28)43-39(51-44(32)12-6-1-7-13-44)41-29(53-43)19-31(55-41)46-34-37(49)26-16-22-10-4-5-11-23(22)17-27(26)38(34)50/h2-5,8-11,14-19H,1,6-7,12-13H2. The van der Waals surface area contributed by atoms with E-state index in [4.69, 9.17) is 9.73 Å². The maximum atomic E-state index is 13.5. The molecular weight excluding hydrogens is 765 g/mol. The molecule has 2 aliphatic rings. The SMILES string of the molecule is O=c1c(=Nc2cc3sc4c(c3s2)OC2(CCCCC2)c2c-4sc3cc(N=c4c(=O)c5cc6ccccc6cc5c4=O)sc23)c(=O)c2cc3ccccc3cc12. The molecule has 0 unspecified atom stereocenters. The third-order valence-electron chi connectivity index (χ3n) is 11.3. The molecular formula is C44H24N2O5S4. The summed E-state index contributed by atoms with van der Waals surface area (Å²) in [5.41, 5.74) is -0.664. The van der Waals surface area contributed by atoms with Crippen LogP contribution in [0.1, 0.15) is 37.7 Å². The Labute approximate surface area is 325 Å². The Morgan fingerprint density at radius 1 is 0.509 bits per heavy atom. The van der Waals surface area contributed by atoms with Crippen molar-refractivity contribution in [2.24, 2.45) is 9.98 Å². The highest BCUT2D eigenvalue weighted by atomic mass is 32.1. The van der Waals surface area contributed by atoms with Gasteiger partial charge in [0.05, 0.1) is 23.9 Å². The molecule has 55 heavy (non-hydrogen) atoms. The molecule has 12 rings (SSSR count). The van der Waals surface area contributed by atoms with Crippen LogP contribution in [-0.4, -0.2) is 0 Å². The van der Waals surface area contributed by atoms with E-state index in [0.29, 0.717) is 31.5 Å². The van der Waals surface area contributed by atoms with Crippen LogP contribution in [0.15, 0.2) is 114 Å². The Balaban J connectivity index is 0.995. The third-order valence-corrected chi connectivity index (χ3v) is 16.1. The summed E-state index contributed by atoms with van der Waals surface area (Å²) >= 11 is 6.34. The van der Waals surface area contributed by atoms with Gasteiger partial charge in [0.25, 0.3) is 0 Å². The first kappa shape index (κ1) is 31.8. The van der Waals surface area contributed by atoms with Gasteiger partial charge in [0.2, 0.25) is 21.7 Å². The molecule has 11 heteroatoms. The van der Waals surface area contributed by atoms with Gasteiger partial charge < -0.3 is 4.74 Å². The Bertz CT molecular complexity index is 3530. The van der Waals surface area contributed by atoms with E-state index < -0.39 is 5.60 Å². The molecule has 5 heterocycles. The predicted octanol–water partition coefficient (Wildman–Crippen LogP) is 9.73. The van der Waals surface area contributed by atoms with Crippen LogP contribution in [0.2, 0.25) is 0 Å². The molecule has 1 saturated carbocycles. The minimum absolute atomic E-state index is 0.0322. The Kier molecular flexibility index (Phi) is 6.54. The molecule has 1 spiro atoms. The van der Waals surface area contributed by atoms with E-state index in [9.17, 15) is 19.2 Å². The van der Waals surface area contributed by atoms with Gasteiger partial charge >= 0.3 is 0 Å². The van der Waals surface area contributed by atoms with Gasteiger partial charge in [-0.1, -0.05) is 55.0 Å². The number of benzene rings is 4. The summed E-state index contributed by atoms with van der Waals surface area (Å²) in [5.74, 6) is 0.853. The highest BCUT2D eigenvalue weighted by molar-refractivity contribution is 7.35. The van der Waals surface area contributed by atoms with E-state index in [1.807, 2.05) is 60.7 Å². The van der Waals surface area contributed by atoms with Crippen LogP contribution in [0.5, 0.6) is 5.75 Å². The number of hydrogen-bond acceptors (Lipinski definition) is 11. The van der Waals surface area contributed by atoms with Crippen LogP contribution in [0.3, 0.4) is 0 Å². The minimum Gasteiger partial charge on any atom is -0.479 e. The second-order valence-electron chi connectivity index (χ2n) is 14.5. The zero-order chi connectivity index (χ0) is 36.7. The second kappa shape index (κ2) is 11.3. The van der Waals surface area contributed by atoms with Gasteiger partial charge in [-0.3, -0.25) is 19.2 Å². The molecule has 6 aromatic carbocycles. The van der Waals surface area contributed by atoms with Crippen molar-refractivity contribution < 1.29 is 4.74 Å². The zero-order valence-electron chi connectivity index (χ0n) is 28.7. The number of rotatable bonds is 2. The van der Waals surface area contributed by atoms with Crippen LogP contribution in [0.25, 0.3) is 71.6 Å². The molecule has 7 nitrogen and oxygen atoms in total. The fourth-order valence-electron chi connectivity index (χ4n) is 8.75. The van der Waals surface area contributed by atoms with Crippen LogP contribution in [-0.2, 0) is 5.60 Å². The maximum Gasteiger partial charge on any atom is 0.216 e. The van der Waals surface area contributed by atoms with Gasteiger partial charge in [-0.25, -0.2) is 9.98 Å². The first-order valence-electron chi connectivity index (χ1n) is 18.1. The first-order chi connectivity index (χ1) is 26.8. The molecule has 1 aliphatic carbocycles. The van der Waals surface area contributed by atoms with Crippen LogP contribution in [0, 0.1) is 0 Å². The van der Waals surface area contributed by atoms with Gasteiger partial charge in [0.1, 0.15) is 15.6 Å². The van der Waals surface area contributed by atoms with E-state index >= 15 is 0 Å². The molecule has 10 aromatic rings. The van der Waals surface area contributed by atoms with E-state index in [-0.39, 0.29) is 32.4 Å². The summed E-state index contributed by atoms with van der Waals surface area (Å²) in [6.45, 7) is 0. The van der Waals surface area contributed by atoms with E-state index in [1.165, 1.54) is 33.1 Å². The fourth-order valence-corrected chi connectivity index (χ4v) is 13.9. The average Bonchev–Trinajstić information content (AvgIpc) is 4.03. The summed E-state index contributed by atoms with van der Waals surface area (Å²) in [6, 6.07) is 26.6. The predicted molar refractivity (Wildman–Crippen MR) is 227 cm³/mol. The quantitative estimate of drug-likeness (QED) is 0.174. The molecule has 4 aromatic heterocycles. The minimum atomic E-state index is -0.519. The molecule has 0 amide bonds. The molecule has 0 radical (unpaired) electrons. The van der Waals surface area contributed by atoms with Gasteiger partial charge in [-0.05, 0) is 83.6 Å². The number of thiophene rings is 4. The lowest BCUT2D eigenvalue weighted by atomic mass is 9.78. The lowest BCUT2D eigenvalue weighted by Crippen LogP contribution is -2.37. The van der Waals surface area contributed by atoms with Gasteiger partial charge in [-0.2, -0.15) is 0 Å². The molecule has 0 bridgehead atoms. The van der Waals surface area contributed by atoms with Crippen molar-refractivity contribution in [3.8, 4) is 15.5 Å². The molecule has 1 aliphatic heterocycles. The third kappa shape index (κ3) is 4.46. The van der Waals surface area contributed by atoms with E-state index in [1.54, 1.807) is 46.9 Å². The summed E-state index contributed by atoms with van der Waals surface area (Å²) in [5, 5.41) is 6.45. The van der Waals surface area contributed by atoms with Crippen LogP contribution >= 0.6 is 45.3 Å². The number of ether oxygens (including phenoxy) is 1. The number of hydrogen-bond donors (Lipinski definition) is 0. The number of nitrogens with zero attached hydrogens (tertiary/aromatic N) is 2. The van der Waals surface area contributed by atoms with Gasteiger partial charge in [0, 0.05) is 31.8 Å². The zero-order valence-corrected chi connectivity index (χ0v) is 32.0. The van der Waals surface area contributed by atoms with Crippen molar-refractivity contribution in [1.82, 2.24) is 0 Å². The average molecular weight is 789 g/mol. The molecule has 1 fully saturated rings. The fraction of sp³-hybridized carbons (Fsp3) is 0.136. The van der Waals surface area contributed by atoms with Crippen molar-refractivity contribution in [3.05, 3.63) is 142 Å². The topological polar surface area (TPSA) is 102 Å². The van der Waals surface area contributed by atoms with Crippen molar-refractivity contribution in [2.75, 3.05) is 0 Å². The largest absolute Gasteiger partial charge is 0.479 e. The normalized spacial score (nSPS) is 15.1. The summed E-state index contributed by atoms with van der Waals surface area (Å²) in [6.07, 6.45) is 4.97. The highest BCUT2D eigenvalue weighted by Gasteiger charge is 2.46. The smallest absolute Gasteiger partial charge is 0.216 e. The van der Waals surface area contributed by atoms with E-state index in [2.05, 4.69) is 4.99 Å². The second-order valence-corrected chi connectivity index (χ2v) is 18.7. The summed E-state index contributed by atoms with van der Waals surface area (Å²) < 4.78 is 11.3. The molecule has 264 valence electrons. The monoisotopic (exact) mass is 788 g/mol. The van der Waals surface area contributed by atoms with Crippen molar-refractivity contribution in [2.45, 2.75) is 37.7 Å². The summed E-state index contributed by atoms with van der Waals surface area (Å²) in [4.78, 5) is 65.7. The lowest BCUT2D eigenvalue weighted by molar-refractivity contribution is 0.0282. The Morgan fingerprint density at radius 2 is 0.945 bits per heavy atom.